The van der Waals surface area contributed by atoms with Crippen molar-refractivity contribution in [3.63, 3.8) is 0 Å². The molecule has 0 unspecified atom stereocenters. The van der Waals surface area contributed by atoms with Gasteiger partial charge in [-0.3, -0.25) is 0 Å². The molecule has 0 bridgehead atoms. The summed E-state index contributed by atoms with van der Waals surface area (Å²) in [6, 6.07) is 0. The summed E-state index contributed by atoms with van der Waals surface area (Å²) < 4.78 is 0. The third-order valence-electron chi connectivity index (χ3n) is 0. The topological polar surface area (TPSA) is 0 Å². The fourth-order valence-corrected chi connectivity index (χ4v) is 0. The van der Waals surface area contributed by atoms with E-state index in [4.69, 9.17) is 0 Å². The minimum absolute atomic E-state index is 0. The number of hydrogen-bond donors (Lipinski definition) is 0. The van der Waals surface area contributed by atoms with E-state index in [-0.39, 0.29) is 104 Å². The molecule has 0 nitrogen and oxygen atoms in total. The molecule has 0 aromatic heterocycles. The van der Waals surface area contributed by atoms with Gasteiger partial charge in [0.05, 0.1) is 0 Å². The minimum atomic E-state index is 0. The van der Waals surface area contributed by atoms with Crippen LogP contribution in [-0.4, -0.2) is 98.4 Å². The zero-order valence-electron chi connectivity index (χ0n) is 2.04. The molecule has 0 aromatic rings. The Kier molecular flexibility index (Phi) is 287. The van der Waals surface area contributed by atoms with Crippen molar-refractivity contribution >= 4 is 98.4 Å². The van der Waals surface area contributed by atoms with Gasteiger partial charge in [-0.2, -0.15) is 0 Å². The van der Waals surface area contributed by atoms with Gasteiger partial charge in [-0.15, -0.1) is 0 Å². The maximum absolute atomic E-state index is 2.56. The van der Waals surface area contributed by atoms with E-state index in [9.17, 15) is 0 Å². The van der Waals surface area contributed by atoms with Crippen LogP contribution >= 0.6 is 0 Å². The molecule has 4 radical (unpaired) electrons. The quantitative estimate of drug-likeness (QED) is 0.247. The van der Waals surface area contributed by atoms with Gasteiger partial charge in [0.15, 0.2) is 0 Å². The predicted octanol–water partition coefficient (Wildman–Crippen LogP) is -4.32. The zero-order valence-corrected chi connectivity index (χ0v) is 10.8. The third kappa shape index (κ3) is 37.9. The van der Waals surface area contributed by atoms with Gasteiger partial charge in [0, 0.05) is 34.1 Å². The van der Waals surface area contributed by atoms with E-state index in [2.05, 4.69) is 28.4 Å². The van der Waals surface area contributed by atoms with Crippen molar-refractivity contribution in [2.75, 3.05) is 0 Å². The van der Waals surface area contributed by atoms with Gasteiger partial charge < -0.3 is 0 Å². The molecular weight excluding hydrogens is 591 g/mol. The van der Waals surface area contributed by atoms with Crippen LogP contribution in [0.3, 0.4) is 0 Å². The molecule has 54 valence electrons. The molecule has 7 heteroatoms. The molecule has 0 heterocycles. The van der Waals surface area contributed by atoms with E-state index >= 15 is 0 Å². The van der Waals surface area contributed by atoms with Crippen LogP contribution in [0.2, 0.25) is 0 Å². The Hall–Kier alpha value is 4.40. The standard InChI is InChI=1S/2Cu.Ga.In.Sb.HSe2.8H/c;;;;;1-2;;;;;;;;/h;;;;;1H;;;;;;;;. The first-order valence-corrected chi connectivity index (χ1v) is 4.93. The van der Waals surface area contributed by atoms with Crippen LogP contribution in [0.15, 0.2) is 0 Å². The summed E-state index contributed by atoms with van der Waals surface area (Å²) in [5.74, 6) is 0. The molecule has 0 spiro atoms. The van der Waals surface area contributed by atoms with E-state index in [1.807, 2.05) is 0 Å². The average Bonchev–Trinajstić information content (AvgIpc) is 1.00. The van der Waals surface area contributed by atoms with Crippen molar-refractivity contribution < 1.29 is 34.1 Å². The van der Waals surface area contributed by atoms with Gasteiger partial charge in [-0.05, 0) is 0 Å². The van der Waals surface area contributed by atoms with Gasteiger partial charge in [0.2, 0.25) is 0 Å². The Morgan fingerprint density at radius 2 is 1.00 bits per heavy atom. The molecule has 0 aliphatic heterocycles. The van der Waals surface area contributed by atoms with Crippen LogP contribution in [0.1, 0.15) is 0 Å². The van der Waals surface area contributed by atoms with Crippen molar-refractivity contribution in [1.82, 2.24) is 0 Å². The van der Waals surface area contributed by atoms with E-state index in [0.29, 0.717) is 0 Å². The maximum atomic E-state index is 2.56. The molecule has 7 heavy (non-hydrogen) atoms. The average molecular weight is 600 g/mol. The molecule has 0 saturated carbocycles. The van der Waals surface area contributed by atoms with Crippen molar-refractivity contribution in [3.05, 3.63) is 0 Å². The Balaban J connectivity index is -0.000000000500. The first-order valence-electron chi connectivity index (χ1n) is 0.183. The van der Waals surface area contributed by atoms with E-state index in [1.165, 1.54) is 0 Å². The Bertz CT molecular complexity index is 15.7. The second-order valence-electron chi connectivity index (χ2n) is 0. The number of hydrogen-bond acceptors (Lipinski definition) is 0. The first kappa shape index (κ1) is 42.3. The predicted molar refractivity (Wildman–Crippen MR) is 41.3 cm³/mol. The normalized spacial score (nSPS) is 0.857. The molecular formula is H9Cu2GaInSbSe2. The van der Waals surface area contributed by atoms with Crippen LogP contribution in [0.25, 0.3) is 0 Å². The van der Waals surface area contributed by atoms with Crippen LogP contribution in [-0.2, 0) is 34.1 Å². The number of rotatable bonds is 0. The monoisotopic (exact) mass is 599 g/mol. The summed E-state index contributed by atoms with van der Waals surface area (Å²) >= 11 is 4.75. The summed E-state index contributed by atoms with van der Waals surface area (Å²) in [5.41, 5.74) is 0. The molecule has 0 rings (SSSR count). The van der Waals surface area contributed by atoms with Gasteiger partial charge >= 0.3 is 98.4 Å². The van der Waals surface area contributed by atoms with Crippen molar-refractivity contribution in [2.45, 2.75) is 0 Å². The van der Waals surface area contributed by atoms with E-state index < -0.39 is 0 Å². The van der Waals surface area contributed by atoms with E-state index in [1.54, 1.807) is 0 Å². The Labute approximate surface area is 130 Å². The molecule has 0 fully saturated rings. The molecule has 0 aliphatic carbocycles. The van der Waals surface area contributed by atoms with E-state index in [0.717, 1.165) is 0 Å². The summed E-state index contributed by atoms with van der Waals surface area (Å²) in [5, 5.41) is 0. The van der Waals surface area contributed by atoms with Crippen molar-refractivity contribution in [2.24, 2.45) is 0 Å². The van der Waals surface area contributed by atoms with Gasteiger partial charge in [-0.1, -0.05) is 0 Å². The second-order valence-corrected chi connectivity index (χ2v) is 0. The van der Waals surface area contributed by atoms with Gasteiger partial charge in [-0.25, -0.2) is 0 Å². The Morgan fingerprint density at radius 1 is 1.00 bits per heavy atom. The van der Waals surface area contributed by atoms with Crippen molar-refractivity contribution in [1.29, 1.82) is 0 Å². The fraction of sp³-hybridized carbons (Fsp3) is 0. The van der Waals surface area contributed by atoms with Crippen LogP contribution in [0.4, 0.5) is 0 Å². The molecule has 0 atom stereocenters. The van der Waals surface area contributed by atoms with Crippen LogP contribution < -0.4 is 0 Å². The zero-order chi connectivity index (χ0) is 2.00. The van der Waals surface area contributed by atoms with Gasteiger partial charge in [0.25, 0.3) is 0 Å². The Morgan fingerprint density at radius 3 is 1.00 bits per heavy atom. The molecule has 0 aromatic carbocycles. The molecule has 0 saturated heterocycles. The summed E-state index contributed by atoms with van der Waals surface area (Å²) in [6.07, 6.45) is 0. The van der Waals surface area contributed by atoms with Crippen molar-refractivity contribution in [3.8, 4) is 0 Å². The summed E-state index contributed by atoms with van der Waals surface area (Å²) in [6.45, 7) is 0. The fourth-order valence-electron chi connectivity index (χ4n) is 0. The van der Waals surface area contributed by atoms with Crippen LogP contribution in [0, 0.1) is 0 Å². The second kappa shape index (κ2) is 47.4. The van der Waals surface area contributed by atoms with Gasteiger partial charge in [0.1, 0.15) is 0 Å². The summed E-state index contributed by atoms with van der Waals surface area (Å²) in [4.78, 5) is 0. The first-order chi connectivity index (χ1) is 1.00. The molecule has 0 aliphatic rings. The summed E-state index contributed by atoms with van der Waals surface area (Å²) in [7, 11) is 0. The third-order valence-corrected chi connectivity index (χ3v) is 0. The molecule has 0 N–H and O–H groups in total. The van der Waals surface area contributed by atoms with Crippen LogP contribution in [0.5, 0.6) is 0 Å². The molecule has 0 amide bonds. The SMILES string of the molecule is [Cu].[Cu].[GaH3].[InH3].[SbH2].[Se][SeH].